The summed E-state index contributed by atoms with van der Waals surface area (Å²) in [4.78, 5) is 24.8. The second kappa shape index (κ2) is 7.33. The molecule has 0 bridgehead atoms. The van der Waals surface area contributed by atoms with E-state index in [1.54, 1.807) is 39.2 Å². The summed E-state index contributed by atoms with van der Waals surface area (Å²) >= 11 is 0. The maximum atomic E-state index is 11.9. The quantitative estimate of drug-likeness (QED) is 0.624. The molecule has 108 valence electrons. The number of benzene rings is 1. The number of likely N-dealkylation sites (N-methyl/N-ethyl adjacent to an activating group) is 1. The van der Waals surface area contributed by atoms with E-state index in [-0.39, 0.29) is 17.7 Å². The Bertz CT molecular complexity index is 494. The number of nitrogen functional groups attached to an aromatic ring is 1. The molecule has 0 saturated heterocycles. The average Bonchev–Trinajstić information content (AvgIpc) is 2.45. The Hall–Kier alpha value is -2.30. The smallest absolute Gasteiger partial charge is 0.246 e. The minimum atomic E-state index is -0.237. The van der Waals surface area contributed by atoms with Gasteiger partial charge in [-0.3, -0.25) is 9.59 Å². The van der Waals surface area contributed by atoms with Gasteiger partial charge in [-0.25, -0.2) is 0 Å². The summed E-state index contributed by atoms with van der Waals surface area (Å²) < 4.78 is 0. The number of nitrogens with zero attached hydrogens (tertiary/aromatic N) is 1. The van der Waals surface area contributed by atoms with Gasteiger partial charge in [-0.2, -0.15) is 0 Å². The van der Waals surface area contributed by atoms with Crippen LogP contribution in [0, 0.1) is 5.92 Å². The van der Waals surface area contributed by atoms with Crippen LogP contribution < -0.4 is 11.1 Å². The zero-order chi connectivity index (χ0) is 15.1. The van der Waals surface area contributed by atoms with Crippen LogP contribution in [0.5, 0.6) is 0 Å². The van der Waals surface area contributed by atoms with E-state index in [0.717, 1.165) is 5.56 Å². The van der Waals surface area contributed by atoms with Crippen molar-refractivity contribution in [3.05, 3.63) is 35.9 Å². The Morgan fingerprint density at radius 1 is 1.35 bits per heavy atom. The Morgan fingerprint density at radius 3 is 2.50 bits per heavy atom. The molecule has 1 rings (SSSR count). The first-order valence-corrected chi connectivity index (χ1v) is 6.44. The van der Waals surface area contributed by atoms with Crippen molar-refractivity contribution in [2.75, 3.05) is 26.4 Å². The van der Waals surface area contributed by atoms with Crippen LogP contribution >= 0.6 is 0 Å². The molecule has 1 atom stereocenters. The molecule has 3 N–H and O–H groups in total. The molecule has 1 unspecified atom stereocenters. The van der Waals surface area contributed by atoms with E-state index in [1.807, 2.05) is 12.1 Å². The van der Waals surface area contributed by atoms with Gasteiger partial charge >= 0.3 is 0 Å². The van der Waals surface area contributed by atoms with Crippen LogP contribution in [0.15, 0.2) is 30.3 Å². The lowest BCUT2D eigenvalue weighted by Gasteiger charge is -2.19. The average molecular weight is 275 g/mol. The molecule has 0 aromatic heterocycles. The number of nitrogens with one attached hydrogen (secondary N) is 1. The van der Waals surface area contributed by atoms with Crippen molar-refractivity contribution in [3.8, 4) is 0 Å². The molecule has 1 aromatic rings. The second-order valence-corrected chi connectivity index (χ2v) is 4.73. The molecule has 0 saturated carbocycles. The molecule has 20 heavy (non-hydrogen) atoms. The molecular formula is C15H21N3O2. The normalized spacial score (nSPS) is 12.2. The van der Waals surface area contributed by atoms with Crippen molar-refractivity contribution in [2.24, 2.45) is 5.92 Å². The van der Waals surface area contributed by atoms with E-state index >= 15 is 0 Å². The number of carbonyl (C=O) groups is 2. The SMILES string of the molecule is CNC(=O)C(C)CN(C)C(=O)/C=C/c1ccc(N)cc1. The number of anilines is 1. The van der Waals surface area contributed by atoms with Crippen LogP contribution in [-0.2, 0) is 9.59 Å². The summed E-state index contributed by atoms with van der Waals surface area (Å²) in [5, 5.41) is 2.57. The first-order valence-electron chi connectivity index (χ1n) is 6.44. The number of nitrogens with two attached hydrogens (primary N) is 1. The van der Waals surface area contributed by atoms with Crippen LogP contribution in [0.3, 0.4) is 0 Å². The van der Waals surface area contributed by atoms with Gasteiger partial charge < -0.3 is 16.0 Å². The van der Waals surface area contributed by atoms with E-state index in [9.17, 15) is 9.59 Å². The maximum absolute atomic E-state index is 11.9. The van der Waals surface area contributed by atoms with Gasteiger partial charge in [0.05, 0.1) is 5.92 Å². The molecule has 1 aromatic carbocycles. The summed E-state index contributed by atoms with van der Waals surface area (Å²) in [7, 11) is 3.26. The first kappa shape index (κ1) is 15.8. The van der Waals surface area contributed by atoms with Crippen LogP contribution in [0.25, 0.3) is 6.08 Å². The van der Waals surface area contributed by atoms with Crippen LogP contribution in [0.4, 0.5) is 5.69 Å². The molecule has 2 amide bonds. The summed E-state index contributed by atoms with van der Waals surface area (Å²) in [6, 6.07) is 7.24. The highest BCUT2D eigenvalue weighted by Crippen LogP contribution is 2.07. The zero-order valence-electron chi connectivity index (χ0n) is 12.1. The van der Waals surface area contributed by atoms with Crippen LogP contribution in [0.1, 0.15) is 12.5 Å². The van der Waals surface area contributed by atoms with Gasteiger partial charge in [-0.15, -0.1) is 0 Å². The molecule has 5 heteroatoms. The molecule has 5 nitrogen and oxygen atoms in total. The Balaban J connectivity index is 2.57. The third-order valence-electron chi connectivity index (χ3n) is 2.97. The van der Waals surface area contributed by atoms with Crippen LogP contribution in [-0.4, -0.2) is 37.4 Å². The predicted molar refractivity (Wildman–Crippen MR) is 80.8 cm³/mol. The van der Waals surface area contributed by atoms with E-state index in [2.05, 4.69) is 5.32 Å². The van der Waals surface area contributed by atoms with Gasteiger partial charge in [0.1, 0.15) is 0 Å². The molecule has 0 aliphatic carbocycles. The topological polar surface area (TPSA) is 75.4 Å². The fraction of sp³-hybridized carbons (Fsp3) is 0.333. The van der Waals surface area contributed by atoms with Crippen LogP contribution in [0.2, 0.25) is 0 Å². The van der Waals surface area contributed by atoms with Gasteiger partial charge in [0, 0.05) is 32.4 Å². The zero-order valence-corrected chi connectivity index (χ0v) is 12.1. The number of rotatable bonds is 5. The lowest BCUT2D eigenvalue weighted by atomic mass is 10.1. The summed E-state index contributed by atoms with van der Waals surface area (Å²) in [5.41, 5.74) is 7.18. The summed E-state index contributed by atoms with van der Waals surface area (Å²) in [6.45, 7) is 2.16. The fourth-order valence-corrected chi connectivity index (χ4v) is 1.73. The summed E-state index contributed by atoms with van der Waals surface area (Å²) in [6.07, 6.45) is 3.21. The third kappa shape index (κ3) is 4.76. The minimum Gasteiger partial charge on any atom is -0.399 e. The molecule has 0 aliphatic heterocycles. The van der Waals surface area contributed by atoms with Crippen molar-refractivity contribution >= 4 is 23.6 Å². The van der Waals surface area contributed by atoms with E-state index in [0.29, 0.717) is 12.2 Å². The molecule has 0 fully saturated rings. The van der Waals surface area contributed by atoms with Gasteiger partial charge in [0.2, 0.25) is 11.8 Å². The Morgan fingerprint density at radius 2 is 1.95 bits per heavy atom. The number of hydrogen-bond donors (Lipinski definition) is 2. The van der Waals surface area contributed by atoms with Crippen molar-refractivity contribution in [3.63, 3.8) is 0 Å². The molecule has 0 aliphatic rings. The maximum Gasteiger partial charge on any atom is 0.246 e. The van der Waals surface area contributed by atoms with E-state index in [4.69, 9.17) is 5.73 Å². The summed E-state index contributed by atoms with van der Waals surface area (Å²) in [5.74, 6) is -0.455. The van der Waals surface area contributed by atoms with Gasteiger partial charge in [0.15, 0.2) is 0 Å². The van der Waals surface area contributed by atoms with E-state index in [1.165, 1.54) is 11.0 Å². The van der Waals surface area contributed by atoms with Crippen molar-refractivity contribution in [1.29, 1.82) is 0 Å². The molecule has 0 radical (unpaired) electrons. The van der Waals surface area contributed by atoms with E-state index < -0.39 is 0 Å². The van der Waals surface area contributed by atoms with Crippen molar-refractivity contribution in [2.45, 2.75) is 6.92 Å². The standard InChI is InChI=1S/C15H21N3O2/c1-11(15(20)17-2)10-18(3)14(19)9-6-12-4-7-13(16)8-5-12/h4-9,11H,10,16H2,1-3H3,(H,17,20)/b9-6+. The highest BCUT2D eigenvalue weighted by atomic mass is 16.2. The van der Waals surface area contributed by atoms with Gasteiger partial charge in [0.25, 0.3) is 0 Å². The number of amides is 2. The second-order valence-electron chi connectivity index (χ2n) is 4.73. The fourth-order valence-electron chi connectivity index (χ4n) is 1.73. The predicted octanol–water partition coefficient (Wildman–Crippen LogP) is 1.12. The number of carbonyl (C=O) groups excluding carboxylic acids is 2. The lowest BCUT2D eigenvalue weighted by molar-refractivity contribution is -0.128. The highest BCUT2D eigenvalue weighted by Gasteiger charge is 2.15. The Kier molecular flexibility index (Phi) is 5.77. The highest BCUT2D eigenvalue weighted by molar-refractivity contribution is 5.92. The van der Waals surface area contributed by atoms with Crippen molar-refractivity contribution in [1.82, 2.24) is 10.2 Å². The Labute approximate surface area is 119 Å². The molecule has 0 heterocycles. The largest absolute Gasteiger partial charge is 0.399 e. The third-order valence-corrected chi connectivity index (χ3v) is 2.97. The molecular weight excluding hydrogens is 254 g/mol. The molecule has 0 spiro atoms. The van der Waals surface area contributed by atoms with Gasteiger partial charge in [-0.05, 0) is 23.8 Å². The lowest BCUT2D eigenvalue weighted by Crippen LogP contribution is -2.36. The monoisotopic (exact) mass is 275 g/mol. The van der Waals surface area contributed by atoms with Gasteiger partial charge in [-0.1, -0.05) is 19.1 Å². The number of hydrogen-bond acceptors (Lipinski definition) is 3. The first-order chi connectivity index (χ1) is 9.43. The minimum absolute atomic E-state index is 0.0767. The van der Waals surface area contributed by atoms with Crippen molar-refractivity contribution < 1.29 is 9.59 Å².